The number of aromatic nitrogens is 1. The number of hydrogen-bond acceptors (Lipinski definition) is 4. The van der Waals surface area contributed by atoms with Crippen LogP contribution in [0.2, 0.25) is 0 Å². The molecule has 1 aromatic heterocycles. The van der Waals surface area contributed by atoms with Gasteiger partial charge >= 0.3 is 5.97 Å². The van der Waals surface area contributed by atoms with E-state index in [1.54, 1.807) is 6.92 Å². The summed E-state index contributed by atoms with van der Waals surface area (Å²) in [6.07, 6.45) is 0.612. The van der Waals surface area contributed by atoms with E-state index in [0.717, 1.165) is 0 Å². The summed E-state index contributed by atoms with van der Waals surface area (Å²) in [5.74, 6) is -1.21. The number of aromatic carboxylic acids is 1. The molecule has 6 heteroatoms. The lowest BCUT2D eigenvalue weighted by Gasteiger charge is -2.12. The molecule has 0 spiro atoms. The third-order valence-corrected chi connectivity index (χ3v) is 2.28. The molecule has 0 aromatic carbocycles. The molecule has 0 aliphatic carbocycles. The number of rotatable bonds is 5. The first-order valence-corrected chi connectivity index (χ1v) is 5.24. The molecule has 17 heavy (non-hydrogen) atoms. The van der Waals surface area contributed by atoms with Gasteiger partial charge in [-0.3, -0.25) is 4.79 Å². The molecule has 0 radical (unpaired) electrons. The highest BCUT2D eigenvalue weighted by molar-refractivity contribution is 5.89. The lowest BCUT2D eigenvalue weighted by atomic mass is 10.2. The summed E-state index contributed by atoms with van der Waals surface area (Å²) in [5, 5.41) is 11.7. The fourth-order valence-corrected chi connectivity index (χ4v) is 1.26. The van der Waals surface area contributed by atoms with Crippen molar-refractivity contribution in [1.82, 2.24) is 4.98 Å². The van der Waals surface area contributed by atoms with Crippen molar-refractivity contribution in [3.05, 3.63) is 23.4 Å². The zero-order chi connectivity index (χ0) is 13.0. The number of amides is 1. The molecule has 4 N–H and O–H groups in total. The second-order valence-corrected chi connectivity index (χ2v) is 3.66. The lowest BCUT2D eigenvalue weighted by molar-refractivity contribution is -0.118. The summed E-state index contributed by atoms with van der Waals surface area (Å²) in [5.41, 5.74) is 5.88. The van der Waals surface area contributed by atoms with Crippen LogP contribution in [-0.2, 0) is 11.2 Å². The number of nitrogens with zero attached hydrogens (tertiary/aromatic N) is 1. The van der Waals surface area contributed by atoms with Crippen LogP contribution in [0.25, 0.3) is 0 Å². The van der Waals surface area contributed by atoms with Crippen LogP contribution in [0.5, 0.6) is 0 Å². The highest BCUT2D eigenvalue weighted by Gasteiger charge is 2.12. The number of carbonyl (C=O) groups excluding carboxylic acids is 1. The normalized spacial score (nSPS) is 11.9. The van der Waals surface area contributed by atoms with E-state index in [0.29, 0.717) is 17.9 Å². The van der Waals surface area contributed by atoms with Crippen molar-refractivity contribution in [1.29, 1.82) is 0 Å². The Morgan fingerprint density at radius 2 is 2.18 bits per heavy atom. The van der Waals surface area contributed by atoms with E-state index in [-0.39, 0.29) is 5.56 Å². The number of primary amides is 1. The Morgan fingerprint density at radius 1 is 1.53 bits per heavy atom. The van der Waals surface area contributed by atoms with E-state index in [9.17, 15) is 9.59 Å². The van der Waals surface area contributed by atoms with Crippen LogP contribution in [0.4, 0.5) is 5.82 Å². The third-order valence-electron chi connectivity index (χ3n) is 2.28. The van der Waals surface area contributed by atoms with E-state index in [2.05, 4.69) is 10.3 Å². The molecule has 0 saturated heterocycles. The van der Waals surface area contributed by atoms with Crippen molar-refractivity contribution >= 4 is 17.7 Å². The highest BCUT2D eigenvalue weighted by atomic mass is 16.4. The average molecular weight is 237 g/mol. The van der Waals surface area contributed by atoms with Gasteiger partial charge in [-0.25, -0.2) is 9.78 Å². The summed E-state index contributed by atoms with van der Waals surface area (Å²) < 4.78 is 0. The molecule has 0 aliphatic rings. The van der Waals surface area contributed by atoms with Crippen LogP contribution in [0.15, 0.2) is 12.1 Å². The smallest absolute Gasteiger partial charge is 0.335 e. The number of anilines is 1. The van der Waals surface area contributed by atoms with Crippen LogP contribution in [-0.4, -0.2) is 28.0 Å². The maximum absolute atomic E-state index is 10.9. The SMILES string of the molecule is CCc1cc(C(=O)O)cc(NC(C)C(N)=O)n1. The second kappa shape index (κ2) is 5.29. The van der Waals surface area contributed by atoms with Crippen LogP contribution >= 0.6 is 0 Å². The van der Waals surface area contributed by atoms with Gasteiger partial charge in [-0.1, -0.05) is 6.92 Å². The summed E-state index contributed by atoms with van der Waals surface area (Å²) >= 11 is 0. The van der Waals surface area contributed by atoms with Crippen molar-refractivity contribution in [2.75, 3.05) is 5.32 Å². The number of nitrogens with one attached hydrogen (secondary N) is 1. The van der Waals surface area contributed by atoms with Gasteiger partial charge in [0.2, 0.25) is 5.91 Å². The van der Waals surface area contributed by atoms with E-state index in [1.807, 2.05) is 6.92 Å². The highest BCUT2D eigenvalue weighted by Crippen LogP contribution is 2.12. The third kappa shape index (κ3) is 3.44. The average Bonchev–Trinajstić information content (AvgIpc) is 2.28. The molecular weight excluding hydrogens is 222 g/mol. The van der Waals surface area contributed by atoms with Crippen molar-refractivity contribution in [2.45, 2.75) is 26.3 Å². The van der Waals surface area contributed by atoms with Gasteiger partial charge < -0.3 is 16.2 Å². The second-order valence-electron chi connectivity index (χ2n) is 3.66. The standard InChI is InChI=1S/C11H15N3O3/c1-3-8-4-7(11(16)17)5-9(14-8)13-6(2)10(12)15/h4-6H,3H2,1-2H3,(H2,12,15)(H,13,14)(H,16,17). The Morgan fingerprint density at radius 3 is 2.65 bits per heavy atom. The molecule has 1 aromatic rings. The molecule has 1 amide bonds. The summed E-state index contributed by atoms with van der Waals surface area (Å²) in [6, 6.07) is 2.28. The van der Waals surface area contributed by atoms with Gasteiger partial charge in [0.15, 0.2) is 0 Å². The van der Waals surface area contributed by atoms with E-state index < -0.39 is 17.9 Å². The van der Waals surface area contributed by atoms with Crippen LogP contribution in [0, 0.1) is 0 Å². The van der Waals surface area contributed by atoms with E-state index >= 15 is 0 Å². The largest absolute Gasteiger partial charge is 0.478 e. The van der Waals surface area contributed by atoms with Crippen molar-refractivity contribution in [3.63, 3.8) is 0 Å². The summed E-state index contributed by atoms with van der Waals surface area (Å²) in [4.78, 5) is 26.0. The maximum atomic E-state index is 10.9. The van der Waals surface area contributed by atoms with Gasteiger partial charge in [0, 0.05) is 5.69 Å². The van der Waals surface area contributed by atoms with Gasteiger partial charge in [-0.05, 0) is 25.5 Å². The Kier molecular flexibility index (Phi) is 4.03. The molecule has 1 rings (SSSR count). The molecule has 0 saturated carbocycles. The zero-order valence-electron chi connectivity index (χ0n) is 9.73. The van der Waals surface area contributed by atoms with Gasteiger partial charge in [0.25, 0.3) is 0 Å². The number of hydrogen-bond donors (Lipinski definition) is 3. The van der Waals surface area contributed by atoms with Gasteiger partial charge in [0.05, 0.1) is 5.56 Å². The lowest BCUT2D eigenvalue weighted by Crippen LogP contribution is -2.32. The van der Waals surface area contributed by atoms with E-state index in [1.165, 1.54) is 12.1 Å². The molecule has 92 valence electrons. The predicted octanol–water partition coefficient (Wildman–Crippen LogP) is 0.628. The number of carboxylic acid groups (broad SMARTS) is 1. The zero-order valence-corrected chi connectivity index (χ0v) is 9.73. The molecule has 6 nitrogen and oxygen atoms in total. The Balaban J connectivity index is 3.02. The maximum Gasteiger partial charge on any atom is 0.335 e. The summed E-state index contributed by atoms with van der Waals surface area (Å²) in [7, 11) is 0. The quantitative estimate of drug-likeness (QED) is 0.696. The van der Waals surface area contributed by atoms with Gasteiger partial charge in [-0.15, -0.1) is 0 Å². The Hall–Kier alpha value is -2.11. The number of pyridine rings is 1. The van der Waals surface area contributed by atoms with Crippen molar-refractivity contribution < 1.29 is 14.7 Å². The molecule has 0 bridgehead atoms. The van der Waals surface area contributed by atoms with E-state index in [4.69, 9.17) is 10.8 Å². The molecule has 0 fully saturated rings. The Labute approximate surface area is 98.8 Å². The fourth-order valence-electron chi connectivity index (χ4n) is 1.26. The molecular formula is C11H15N3O3. The molecule has 1 atom stereocenters. The van der Waals surface area contributed by atoms with Crippen LogP contribution in [0.3, 0.4) is 0 Å². The first kappa shape index (κ1) is 13.0. The van der Waals surface area contributed by atoms with Crippen molar-refractivity contribution in [2.24, 2.45) is 5.73 Å². The minimum atomic E-state index is -1.03. The van der Waals surface area contributed by atoms with Gasteiger partial charge in [0.1, 0.15) is 11.9 Å². The number of carboxylic acids is 1. The molecule has 1 unspecified atom stereocenters. The topological polar surface area (TPSA) is 105 Å². The number of nitrogens with two attached hydrogens (primary N) is 1. The van der Waals surface area contributed by atoms with Crippen LogP contribution < -0.4 is 11.1 Å². The van der Waals surface area contributed by atoms with Crippen LogP contribution in [0.1, 0.15) is 29.9 Å². The summed E-state index contributed by atoms with van der Waals surface area (Å²) in [6.45, 7) is 3.46. The minimum absolute atomic E-state index is 0.135. The fraction of sp³-hybridized carbons (Fsp3) is 0.364. The number of carbonyl (C=O) groups is 2. The first-order valence-electron chi connectivity index (χ1n) is 5.24. The predicted molar refractivity (Wildman–Crippen MR) is 62.9 cm³/mol. The van der Waals surface area contributed by atoms with Gasteiger partial charge in [-0.2, -0.15) is 0 Å². The number of aryl methyl sites for hydroxylation is 1. The Bertz CT molecular complexity index is 446. The molecule has 1 heterocycles. The molecule has 0 aliphatic heterocycles. The monoisotopic (exact) mass is 237 g/mol. The minimum Gasteiger partial charge on any atom is -0.478 e. The van der Waals surface area contributed by atoms with Crippen molar-refractivity contribution in [3.8, 4) is 0 Å². The first-order chi connectivity index (χ1) is 7.93.